The van der Waals surface area contributed by atoms with Crippen molar-refractivity contribution in [1.82, 2.24) is 10.4 Å². The molecule has 3 heteroatoms. The van der Waals surface area contributed by atoms with E-state index in [4.69, 9.17) is 0 Å². The van der Waals surface area contributed by atoms with Gasteiger partial charge in [-0.1, -0.05) is 60.2 Å². The molecule has 1 N–H and O–H groups in total. The van der Waals surface area contributed by atoms with E-state index in [1.54, 1.807) is 0 Å². The Balaban J connectivity index is 1.58. The van der Waals surface area contributed by atoms with Crippen molar-refractivity contribution in [3.05, 3.63) is 83.4 Å². The minimum absolute atomic E-state index is 0.0402. The average Bonchev–Trinajstić information content (AvgIpc) is 2.57. The smallest absolute Gasteiger partial charge is 0.265 e. The van der Waals surface area contributed by atoms with Gasteiger partial charge in [-0.2, -0.15) is 0 Å². The molecular formula is C19H20N2O. The van der Waals surface area contributed by atoms with Crippen LogP contribution in [0.2, 0.25) is 0 Å². The van der Waals surface area contributed by atoms with E-state index >= 15 is 0 Å². The highest BCUT2D eigenvalue weighted by atomic mass is 16.2. The van der Waals surface area contributed by atoms with Gasteiger partial charge in [-0.05, 0) is 30.5 Å². The first kappa shape index (κ1) is 14.5. The Morgan fingerprint density at radius 2 is 1.68 bits per heavy atom. The summed E-state index contributed by atoms with van der Waals surface area (Å²) in [5.74, 6) is -0.0402. The largest absolute Gasteiger partial charge is 0.284 e. The molecule has 0 atom stereocenters. The monoisotopic (exact) mass is 292 g/mol. The highest BCUT2D eigenvalue weighted by molar-refractivity contribution is 5.93. The molecule has 0 aliphatic carbocycles. The Kier molecular flexibility index (Phi) is 4.66. The van der Waals surface area contributed by atoms with E-state index in [1.165, 1.54) is 11.1 Å². The van der Waals surface area contributed by atoms with Gasteiger partial charge in [-0.15, -0.1) is 0 Å². The Bertz CT molecular complexity index is 650. The van der Waals surface area contributed by atoms with E-state index in [-0.39, 0.29) is 5.91 Å². The lowest BCUT2D eigenvalue weighted by molar-refractivity contribution is 0.0798. The third-order valence-corrected chi connectivity index (χ3v) is 3.80. The Labute approximate surface area is 131 Å². The zero-order chi connectivity index (χ0) is 15.2. The van der Waals surface area contributed by atoms with Gasteiger partial charge < -0.3 is 0 Å². The highest BCUT2D eigenvalue weighted by Gasteiger charge is 2.15. The molecule has 0 aromatic heterocycles. The van der Waals surface area contributed by atoms with Gasteiger partial charge in [-0.25, -0.2) is 5.01 Å². The topological polar surface area (TPSA) is 32.3 Å². The zero-order valence-corrected chi connectivity index (χ0v) is 12.5. The molecule has 1 aliphatic rings. The maximum absolute atomic E-state index is 12.2. The van der Waals surface area contributed by atoms with Crippen LogP contribution in [0.1, 0.15) is 22.3 Å². The summed E-state index contributed by atoms with van der Waals surface area (Å²) in [5, 5.41) is 2.01. The first-order valence-electron chi connectivity index (χ1n) is 7.64. The molecule has 22 heavy (non-hydrogen) atoms. The molecular weight excluding hydrogens is 272 g/mol. The number of benzene rings is 2. The quantitative estimate of drug-likeness (QED) is 0.878. The maximum Gasteiger partial charge on any atom is 0.265 e. The summed E-state index contributed by atoms with van der Waals surface area (Å²) in [5.41, 5.74) is 6.36. The lowest BCUT2D eigenvalue weighted by Gasteiger charge is -2.27. The molecule has 2 aromatic carbocycles. The van der Waals surface area contributed by atoms with Crippen molar-refractivity contribution in [2.45, 2.75) is 12.8 Å². The molecule has 1 heterocycles. The van der Waals surface area contributed by atoms with Gasteiger partial charge in [-0.3, -0.25) is 10.2 Å². The van der Waals surface area contributed by atoms with Crippen LogP contribution in [-0.4, -0.2) is 24.0 Å². The summed E-state index contributed by atoms with van der Waals surface area (Å²) in [7, 11) is 0. The van der Waals surface area contributed by atoms with Crippen LogP contribution in [0.3, 0.4) is 0 Å². The van der Waals surface area contributed by atoms with Crippen molar-refractivity contribution >= 4 is 5.91 Å². The van der Waals surface area contributed by atoms with Gasteiger partial charge in [0.05, 0.1) is 0 Å². The van der Waals surface area contributed by atoms with Crippen LogP contribution in [0.15, 0.2) is 72.3 Å². The van der Waals surface area contributed by atoms with Gasteiger partial charge in [0.1, 0.15) is 0 Å². The highest BCUT2D eigenvalue weighted by Crippen LogP contribution is 2.14. The lowest BCUT2D eigenvalue weighted by Crippen LogP contribution is -2.45. The van der Waals surface area contributed by atoms with Crippen LogP contribution in [-0.2, 0) is 6.42 Å². The van der Waals surface area contributed by atoms with E-state index in [1.807, 2.05) is 41.4 Å². The second kappa shape index (κ2) is 7.05. The lowest BCUT2D eigenvalue weighted by atomic mass is 10.0. The number of nitrogens with zero attached hydrogens (tertiary/aromatic N) is 1. The van der Waals surface area contributed by atoms with Crippen molar-refractivity contribution in [1.29, 1.82) is 0 Å². The Morgan fingerprint density at radius 3 is 2.41 bits per heavy atom. The van der Waals surface area contributed by atoms with Crippen molar-refractivity contribution in [2.75, 3.05) is 13.1 Å². The predicted octanol–water partition coefficient (Wildman–Crippen LogP) is 3.21. The van der Waals surface area contributed by atoms with Crippen LogP contribution in [0, 0.1) is 0 Å². The molecule has 1 aliphatic heterocycles. The van der Waals surface area contributed by atoms with Crippen LogP contribution in [0.5, 0.6) is 0 Å². The third kappa shape index (κ3) is 3.83. The molecule has 0 radical (unpaired) electrons. The van der Waals surface area contributed by atoms with Crippen LogP contribution in [0.25, 0.3) is 0 Å². The molecule has 112 valence electrons. The molecule has 0 saturated carbocycles. The summed E-state index contributed by atoms with van der Waals surface area (Å²) in [6, 6.07) is 19.8. The Morgan fingerprint density at radius 1 is 1.00 bits per heavy atom. The molecule has 0 spiro atoms. The van der Waals surface area contributed by atoms with E-state index in [2.05, 4.69) is 35.8 Å². The number of amides is 1. The van der Waals surface area contributed by atoms with Crippen molar-refractivity contribution < 1.29 is 4.79 Å². The van der Waals surface area contributed by atoms with Crippen molar-refractivity contribution in [3.63, 3.8) is 0 Å². The molecule has 2 aromatic rings. The third-order valence-electron chi connectivity index (χ3n) is 3.80. The van der Waals surface area contributed by atoms with Gasteiger partial charge in [0.15, 0.2) is 0 Å². The number of carbonyl (C=O) groups excluding carboxylic acids is 1. The zero-order valence-electron chi connectivity index (χ0n) is 12.5. The minimum atomic E-state index is -0.0402. The van der Waals surface area contributed by atoms with Crippen LogP contribution < -0.4 is 5.43 Å². The summed E-state index contributed by atoms with van der Waals surface area (Å²) < 4.78 is 0. The van der Waals surface area contributed by atoms with Gasteiger partial charge in [0.25, 0.3) is 5.91 Å². The predicted molar refractivity (Wildman–Crippen MR) is 88.3 cm³/mol. The number of hydrazine groups is 1. The average molecular weight is 292 g/mol. The fraction of sp³-hybridized carbons (Fsp3) is 0.211. The molecule has 0 bridgehead atoms. The van der Waals surface area contributed by atoms with Gasteiger partial charge in [0, 0.05) is 18.7 Å². The standard InChI is InChI=1S/C19H20N2O/c22-19(18-11-5-2-6-12-18)20-21-13-7-10-17(15-21)14-16-8-3-1-4-9-16/h1-6,8-12H,7,13-15H2,(H,20,22). The first-order valence-corrected chi connectivity index (χ1v) is 7.64. The summed E-state index contributed by atoms with van der Waals surface area (Å²) in [6.07, 6.45) is 4.20. The molecule has 0 unspecified atom stereocenters. The van der Waals surface area contributed by atoms with Gasteiger partial charge >= 0.3 is 0 Å². The summed E-state index contributed by atoms with van der Waals surface area (Å²) >= 11 is 0. The first-order chi connectivity index (χ1) is 10.8. The Hall–Kier alpha value is -2.39. The molecule has 1 amide bonds. The van der Waals surface area contributed by atoms with E-state index < -0.39 is 0 Å². The van der Waals surface area contributed by atoms with Crippen LogP contribution >= 0.6 is 0 Å². The number of hydrogen-bond acceptors (Lipinski definition) is 2. The van der Waals surface area contributed by atoms with E-state index in [0.717, 1.165) is 25.9 Å². The number of hydrogen-bond donors (Lipinski definition) is 1. The number of rotatable bonds is 4. The second-order valence-corrected chi connectivity index (χ2v) is 5.54. The van der Waals surface area contributed by atoms with Crippen molar-refractivity contribution in [2.24, 2.45) is 0 Å². The fourth-order valence-electron chi connectivity index (χ4n) is 2.69. The van der Waals surface area contributed by atoms with Gasteiger partial charge in [0.2, 0.25) is 0 Å². The van der Waals surface area contributed by atoms with E-state index in [0.29, 0.717) is 5.56 Å². The van der Waals surface area contributed by atoms with Crippen molar-refractivity contribution in [3.8, 4) is 0 Å². The summed E-state index contributed by atoms with van der Waals surface area (Å²) in [6.45, 7) is 1.64. The fourth-order valence-corrected chi connectivity index (χ4v) is 2.69. The molecule has 3 nitrogen and oxygen atoms in total. The number of nitrogens with one attached hydrogen (secondary N) is 1. The molecule has 3 rings (SSSR count). The SMILES string of the molecule is O=C(NN1CCC=C(Cc2ccccc2)C1)c1ccccc1. The normalized spacial score (nSPS) is 15.2. The maximum atomic E-state index is 12.2. The second-order valence-electron chi connectivity index (χ2n) is 5.54. The molecule has 0 fully saturated rings. The molecule has 0 saturated heterocycles. The number of carbonyl (C=O) groups is 1. The van der Waals surface area contributed by atoms with E-state index in [9.17, 15) is 4.79 Å². The minimum Gasteiger partial charge on any atom is -0.284 e. The summed E-state index contributed by atoms with van der Waals surface area (Å²) in [4.78, 5) is 12.2. The van der Waals surface area contributed by atoms with Crippen LogP contribution in [0.4, 0.5) is 0 Å².